The second-order valence-corrected chi connectivity index (χ2v) is 8.66. The fourth-order valence-corrected chi connectivity index (χ4v) is 3.52. The van der Waals surface area contributed by atoms with Crippen molar-refractivity contribution in [3.63, 3.8) is 0 Å². The van der Waals surface area contributed by atoms with Crippen LogP contribution in [0.15, 0.2) is 42.5 Å². The highest BCUT2D eigenvalue weighted by Gasteiger charge is 2.27. The minimum absolute atomic E-state index is 0.0994. The summed E-state index contributed by atoms with van der Waals surface area (Å²) >= 11 is 0. The van der Waals surface area contributed by atoms with E-state index in [4.69, 9.17) is 9.47 Å². The Morgan fingerprint density at radius 1 is 1.12 bits per heavy atom. The summed E-state index contributed by atoms with van der Waals surface area (Å²) in [6.07, 6.45) is -0.339. The van der Waals surface area contributed by atoms with Gasteiger partial charge in [-0.05, 0) is 61.7 Å². The molecule has 1 aliphatic heterocycles. The third-order valence-corrected chi connectivity index (χ3v) is 5.00. The van der Waals surface area contributed by atoms with Gasteiger partial charge in [-0.1, -0.05) is 18.2 Å². The molecule has 2 amide bonds. The van der Waals surface area contributed by atoms with Gasteiger partial charge in [-0.25, -0.2) is 14.0 Å². The molecule has 0 bridgehead atoms. The van der Waals surface area contributed by atoms with E-state index in [0.717, 1.165) is 16.7 Å². The summed E-state index contributed by atoms with van der Waals surface area (Å²) in [6.45, 7) is 5.57. The van der Waals surface area contributed by atoms with Crippen LogP contribution in [-0.4, -0.2) is 36.7 Å². The first kappa shape index (κ1) is 23.2. The van der Waals surface area contributed by atoms with Gasteiger partial charge < -0.3 is 19.7 Å². The molecule has 1 heterocycles. The fraction of sp³-hybridized carbons (Fsp3) is 0.375. The molecule has 3 rings (SSSR count). The Labute approximate surface area is 186 Å². The number of rotatable bonds is 5. The first-order valence-electron chi connectivity index (χ1n) is 10.3. The predicted octanol–water partition coefficient (Wildman–Crippen LogP) is 3.52. The van der Waals surface area contributed by atoms with Gasteiger partial charge in [0.1, 0.15) is 17.5 Å². The van der Waals surface area contributed by atoms with Gasteiger partial charge in [0.25, 0.3) is 0 Å². The highest BCUT2D eigenvalue weighted by atomic mass is 19.1. The number of carbonyl (C=O) groups excluding carboxylic acids is 3. The van der Waals surface area contributed by atoms with Crippen molar-refractivity contribution >= 4 is 23.7 Å². The largest absolute Gasteiger partial charge is 0.467 e. The Balaban J connectivity index is 1.75. The molecule has 0 radical (unpaired) electrons. The van der Waals surface area contributed by atoms with E-state index in [-0.39, 0.29) is 24.6 Å². The molecule has 0 saturated carbocycles. The second kappa shape index (κ2) is 9.38. The van der Waals surface area contributed by atoms with Gasteiger partial charge in [-0.3, -0.25) is 4.79 Å². The standard InChI is InChI=1S/C24H27FN2O5/c1-24(2,3)32-23(30)26-20(22(29)31-4)12-15-5-6-16-14-27(21(28)13-17(16)11-15)19-9-7-18(25)8-10-19/h5-11,20H,12-14H2,1-4H3,(H,26,30)/t20-/m0/s1. The van der Waals surface area contributed by atoms with E-state index in [2.05, 4.69) is 5.32 Å². The molecule has 1 atom stereocenters. The number of fused-ring (bicyclic) bond motifs is 1. The molecule has 0 aromatic heterocycles. The lowest BCUT2D eigenvalue weighted by Gasteiger charge is -2.29. The van der Waals surface area contributed by atoms with Crippen LogP contribution < -0.4 is 10.2 Å². The molecule has 170 valence electrons. The van der Waals surface area contributed by atoms with E-state index < -0.39 is 23.7 Å². The molecule has 0 spiro atoms. The van der Waals surface area contributed by atoms with Crippen molar-refractivity contribution in [1.29, 1.82) is 0 Å². The first-order chi connectivity index (χ1) is 15.1. The topological polar surface area (TPSA) is 84.9 Å². The van der Waals surface area contributed by atoms with Crippen LogP contribution in [0.3, 0.4) is 0 Å². The Kier molecular flexibility index (Phi) is 6.81. The van der Waals surface area contributed by atoms with E-state index in [1.807, 2.05) is 18.2 Å². The Morgan fingerprint density at radius 3 is 2.44 bits per heavy atom. The lowest BCUT2D eigenvalue weighted by molar-refractivity contribution is -0.143. The fourth-order valence-electron chi connectivity index (χ4n) is 3.52. The van der Waals surface area contributed by atoms with Gasteiger partial charge in [0, 0.05) is 12.1 Å². The van der Waals surface area contributed by atoms with E-state index in [9.17, 15) is 18.8 Å². The van der Waals surface area contributed by atoms with Crippen LogP contribution in [0.2, 0.25) is 0 Å². The minimum Gasteiger partial charge on any atom is -0.467 e. The molecule has 1 N–H and O–H groups in total. The molecular formula is C24H27FN2O5. The maximum Gasteiger partial charge on any atom is 0.408 e. The number of ether oxygens (including phenoxy) is 2. The van der Waals surface area contributed by atoms with Crippen LogP contribution in [-0.2, 0) is 38.4 Å². The first-order valence-corrected chi connectivity index (χ1v) is 10.3. The van der Waals surface area contributed by atoms with Gasteiger partial charge in [0.2, 0.25) is 5.91 Å². The zero-order valence-electron chi connectivity index (χ0n) is 18.6. The average Bonchev–Trinajstić information content (AvgIpc) is 2.71. The van der Waals surface area contributed by atoms with Gasteiger partial charge >= 0.3 is 12.1 Å². The van der Waals surface area contributed by atoms with Crippen LogP contribution in [0.25, 0.3) is 0 Å². The zero-order chi connectivity index (χ0) is 23.5. The lowest BCUT2D eigenvalue weighted by atomic mass is 9.94. The summed E-state index contributed by atoms with van der Waals surface area (Å²) in [6, 6.07) is 10.5. The lowest BCUT2D eigenvalue weighted by Crippen LogP contribution is -2.45. The summed E-state index contributed by atoms with van der Waals surface area (Å²) in [5, 5.41) is 2.55. The molecule has 7 nitrogen and oxygen atoms in total. The van der Waals surface area contributed by atoms with Crippen LogP contribution >= 0.6 is 0 Å². The smallest absolute Gasteiger partial charge is 0.408 e. The van der Waals surface area contributed by atoms with E-state index in [0.29, 0.717) is 12.2 Å². The number of anilines is 1. The molecule has 0 fully saturated rings. The van der Waals surface area contributed by atoms with Crippen molar-refractivity contribution in [2.24, 2.45) is 0 Å². The van der Waals surface area contributed by atoms with Crippen molar-refractivity contribution in [2.75, 3.05) is 12.0 Å². The summed E-state index contributed by atoms with van der Waals surface area (Å²) < 4.78 is 23.3. The van der Waals surface area contributed by atoms with Crippen molar-refractivity contribution in [1.82, 2.24) is 5.32 Å². The number of halogens is 1. The van der Waals surface area contributed by atoms with Gasteiger partial charge in [-0.2, -0.15) is 0 Å². The van der Waals surface area contributed by atoms with Gasteiger partial charge in [0.05, 0.1) is 20.1 Å². The van der Waals surface area contributed by atoms with Crippen molar-refractivity contribution in [2.45, 2.75) is 51.8 Å². The SMILES string of the molecule is COC(=O)[C@H](Cc1ccc2c(c1)CC(=O)N(c1ccc(F)cc1)C2)NC(=O)OC(C)(C)C. The summed E-state index contributed by atoms with van der Waals surface area (Å²) in [5.41, 5.74) is 2.53. The number of benzene rings is 2. The van der Waals surface area contributed by atoms with Crippen LogP contribution in [0.5, 0.6) is 0 Å². The Hall–Kier alpha value is -3.42. The molecule has 0 unspecified atom stereocenters. The van der Waals surface area contributed by atoms with Crippen LogP contribution in [0.4, 0.5) is 14.9 Å². The quantitative estimate of drug-likeness (QED) is 0.717. The number of alkyl carbamates (subject to hydrolysis) is 1. The normalized spacial score (nSPS) is 14.4. The maximum absolute atomic E-state index is 13.2. The van der Waals surface area contributed by atoms with Crippen molar-refractivity contribution in [3.05, 3.63) is 65.0 Å². The van der Waals surface area contributed by atoms with Gasteiger partial charge in [-0.15, -0.1) is 0 Å². The Bertz CT molecular complexity index is 1010. The summed E-state index contributed by atoms with van der Waals surface area (Å²) in [7, 11) is 1.25. The summed E-state index contributed by atoms with van der Waals surface area (Å²) in [4.78, 5) is 38.6. The maximum atomic E-state index is 13.2. The molecule has 8 heteroatoms. The monoisotopic (exact) mass is 442 g/mol. The van der Waals surface area contributed by atoms with Gasteiger partial charge in [0.15, 0.2) is 0 Å². The van der Waals surface area contributed by atoms with Crippen LogP contribution in [0.1, 0.15) is 37.5 Å². The molecular weight excluding hydrogens is 415 g/mol. The molecule has 32 heavy (non-hydrogen) atoms. The highest BCUT2D eigenvalue weighted by Crippen LogP contribution is 2.27. The number of hydrogen-bond donors (Lipinski definition) is 1. The van der Waals surface area contributed by atoms with E-state index >= 15 is 0 Å². The zero-order valence-corrected chi connectivity index (χ0v) is 18.6. The highest BCUT2D eigenvalue weighted by molar-refractivity contribution is 5.96. The number of hydrogen-bond acceptors (Lipinski definition) is 5. The Morgan fingerprint density at radius 2 is 1.81 bits per heavy atom. The third kappa shape index (κ3) is 5.84. The molecule has 1 aliphatic rings. The van der Waals surface area contributed by atoms with Crippen molar-refractivity contribution in [3.8, 4) is 0 Å². The molecule has 2 aromatic rings. The number of esters is 1. The minimum atomic E-state index is -0.928. The molecule has 2 aromatic carbocycles. The number of nitrogens with zero attached hydrogens (tertiary/aromatic N) is 1. The van der Waals surface area contributed by atoms with E-state index in [1.54, 1.807) is 37.8 Å². The van der Waals surface area contributed by atoms with Crippen molar-refractivity contribution < 1.29 is 28.2 Å². The average molecular weight is 442 g/mol. The molecule has 0 aliphatic carbocycles. The number of carbonyl (C=O) groups is 3. The van der Waals surface area contributed by atoms with Crippen LogP contribution in [0, 0.1) is 5.82 Å². The predicted molar refractivity (Wildman–Crippen MR) is 117 cm³/mol. The van der Waals surface area contributed by atoms with E-state index in [1.165, 1.54) is 19.2 Å². The number of methoxy groups -OCH3 is 1. The third-order valence-electron chi connectivity index (χ3n) is 5.00. The molecule has 0 saturated heterocycles. The number of nitrogens with one attached hydrogen (secondary N) is 1. The summed E-state index contributed by atoms with van der Waals surface area (Å²) in [5.74, 6) is -1.05. The second-order valence-electron chi connectivity index (χ2n) is 8.66. The number of amides is 2.